The van der Waals surface area contributed by atoms with Crippen molar-refractivity contribution in [1.29, 1.82) is 0 Å². The van der Waals surface area contributed by atoms with E-state index in [0.29, 0.717) is 43.8 Å². The molecule has 168 valence electrons. The summed E-state index contributed by atoms with van der Waals surface area (Å²) < 4.78 is 5.73. The second kappa shape index (κ2) is 8.71. The van der Waals surface area contributed by atoms with Gasteiger partial charge in [0.15, 0.2) is 0 Å². The molecule has 2 aliphatic heterocycles. The fourth-order valence-corrected chi connectivity index (χ4v) is 4.82. The normalized spacial score (nSPS) is 17.5. The van der Waals surface area contributed by atoms with E-state index in [4.69, 9.17) is 4.74 Å². The number of para-hydroxylation sites is 1. The number of piperidine rings is 1. The van der Waals surface area contributed by atoms with E-state index in [0.717, 1.165) is 33.3 Å². The number of rotatable bonds is 7. The second-order valence-corrected chi connectivity index (χ2v) is 8.44. The molecule has 5 rings (SSSR count). The highest BCUT2D eigenvalue weighted by Gasteiger charge is 2.39. The Morgan fingerprint density at radius 2 is 1.88 bits per heavy atom. The number of hydrogen-bond donors (Lipinski definition) is 2. The van der Waals surface area contributed by atoms with Crippen LogP contribution in [0.15, 0.2) is 66.9 Å². The molecule has 1 saturated heterocycles. The van der Waals surface area contributed by atoms with Gasteiger partial charge in [-0.1, -0.05) is 43.0 Å². The average Bonchev–Trinajstić information content (AvgIpc) is 3.09. The number of carbonyl (C=O) groups excluding carboxylic acids is 2. The molecule has 2 amide bonds. The molecule has 2 N–H and O–H groups in total. The highest BCUT2D eigenvalue weighted by molar-refractivity contribution is 6.27. The first-order valence-corrected chi connectivity index (χ1v) is 11.4. The first-order valence-electron chi connectivity index (χ1n) is 11.4. The molecule has 6 heteroatoms. The summed E-state index contributed by atoms with van der Waals surface area (Å²) in [6.45, 7) is 7.79. The SMILES string of the molecule is C=C1CCC(N2C(=O)c3ccc(CNCc4ccccc4OCC)c4cccc2c34)C(=O)N1. The van der Waals surface area contributed by atoms with Crippen LogP contribution in [0.2, 0.25) is 0 Å². The molecule has 3 aromatic carbocycles. The van der Waals surface area contributed by atoms with E-state index in [2.05, 4.69) is 23.3 Å². The largest absolute Gasteiger partial charge is 0.494 e. The first-order chi connectivity index (χ1) is 16.1. The molecule has 33 heavy (non-hydrogen) atoms. The zero-order valence-corrected chi connectivity index (χ0v) is 18.7. The smallest absolute Gasteiger partial charge is 0.259 e. The summed E-state index contributed by atoms with van der Waals surface area (Å²) >= 11 is 0. The Morgan fingerprint density at radius 1 is 1.06 bits per heavy atom. The minimum absolute atomic E-state index is 0.112. The van der Waals surface area contributed by atoms with Crippen LogP contribution in [-0.2, 0) is 17.9 Å². The summed E-state index contributed by atoms with van der Waals surface area (Å²) in [5, 5.41) is 8.28. The highest BCUT2D eigenvalue weighted by Crippen LogP contribution is 2.41. The van der Waals surface area contributed by atoms with Gasteiger partial charge in [-0.3, -0.25) is 14.5 Å². The van der Waals surface area contributed by atoms with Gasteiger partial charge in [0.05, 0.1) is 12.3 Å². The van der Waals surface area contributed by atoms with E-state index in [1.807, 2.05) is 55.5 Å². The minimum Gasteiger partial charge on any atom is -0.494 e. The lowest BCUT2D eigenvalue weighted by Crippen LogP contribution is -2.51. The van der Waals surface area contributed by atoms with Crippen molar-refractivity contribution >= 4 is 28.3 Å². The van der Waals surface area contributed by atoms with Crippen molar-refractivity contribution in [2.75, 3.05) is 11.5 Å². The third kappa shape index (κ3) is 3.76. The Bertz CT molecular complexity index is 1270. The van der Waals surface area contributed by atoms with Gasteiger partial charge in [-0.2, -0.15) is 0 Å². The number of hydrogen-bond acceptors (Lipinski definition) is 4. The van der Waals surface area contributed by atoms with Gasteiger partial charge in [0.2, 0.25) is 5.91 Å². The van der Waals surface area contributed by atoms with Gasteiger partial charge in [0.1, 0.15) is 11.8 Å². The molecule has 0 bridgehead atoms. The fraction of sp³-hybridized carbons (Fsp3) is 0.259. The Labute approximate surface area is 193 Å². The molecule has 2 aliphatic rings. The van der Waals surface area contributed by atoms with Crippen LogP contribution in [0.25, 0.3) is 10.8 Å². The van der Waals surface area contributed by atoms with Crippen LogP contribution in [-0.4, -0.2) is 24.5 Å². The van der Waals surface area contributed by atoms with Crippen LogP contribution >= 0.6 is 0 Å². The van der Waals surface area contributed by atoms with Crippen molar-refractivity contribution in [1.82, 2.24) is 10.6 Å². The monoisotopic (exact) mass is 441 g/mol. The van der Waals surface area contributed by atoms with E-state index < -0.39 is 6.04 Å². The predicted octanol–water partition coefficient (Wildman–Crippen LogP) is 4.28. The molecule has 1 fully saturated rings. The molecular weight excluding hydrogens is 414 g/mol. The number of amides is 2. The summed E-state index contributed by atoms with van der Waals surface area (Å²) in [6, 6.07) is 17.3. The van der Waals surface area contributed by atoms with Crippen molar-refractivity contribution in [2.45, 2.75) is 38.9 Å². The van der Waals surface area contributed by atoms with Crippen LogP contribution in [0.4, 0.5) is 5.69 Å². The molecule has 0 aliphatic carbocycles. The van der Waals surface area contributed by atoms with Gasteiger partial charge in [-0.15, -0.1) is 0 Å². The quantitative estimate of drug-likeness (QED) is 0.574. The predicted molar refractivity (Wildman–Crippen MR) is 129 cm³/mol. The van der Waals surface area contributed by atoms with Crippen LogP contribution in [0.3, 0.4) is 0 Å². The third-order valence-corrected chi connectivity index (χ3v) is 6.35. The molecule has 1 atom stereocenters. The molecule has 0 aromatic heterocycles. The number of anilines is 1. The highest BCUT2D eigenvalue weighted by atomic mass is 16.5. The number of nitrogens with one attached hydrogen (secondary N) is 2. The van der Waals surface area contributed by atoms with Crippen LogP contribution in [0, 0.1) is 0 Å². The molecule has 2 heterocycles. The second-order valence-electron chi connectivity index (χ2n) is 8.44. The number of ether oxygens (including phenoxy) is 1. The van der Waals surface area contributed by atoms with Crippen molar-refractivity contribution in [3.8, 4) is 5.75 Å². The lowest BCUT2D eigenvalue weighted by atomic mass is 10.00. The molecule has 0 spiro atoms. The summed E-state index contributed by atoms with van der Waals surface area (Å²) in [5.74, 6) is 0.612. The summed E-state index contributed by atoms with van der Waals surface area (Å²) in [4.78, 5) is 27.6. The average molecular weight is 442 g/mol. The van der Waals surface area contributed by atoms with E-state index >= 15 is 0 Å². The van der Waals surface area contributed by atoms with Crippen molar-refractivity contribution < 1.29 is 14.3 Å². The summed E-state index contributed by atoms with van der Waals surface area (Å²) in [7, 11) is 0. The fourth-order valence-electron chi connectivity index (χ4n) is 4.82. The van der Waals surface area contributed by atoms with E-state index in [-0.39, 0.29) is 11.8 Å². The number of carbonyl (C=O) groups is 2. The van der Waals surface area contributed by atoms with Crippen molar-refractivity contribution in [2.24, 2.45) is 0 Å². The molecular formula is C27H27N3O3. The molecule has 0 radical (unpaired) electrons. The topological polar surface area (TPSA) is 70.7 Å². The Balaban J connectivity index is 1.41. The standard InChI is InChI=1S/C27H27N3O3/c1-3-33-24-10-5-4-7-19(24)16-28-15-18-12-13-21-25-20(18)8-6-9-22(25)30(27(21)32)23-14-11-17(2)29-26(23)31/h4-10,12-13,23,28H,2-3,11,14-16H2,1H3,(H,29,31). The Kier molecular flexibility index (Phi) is 5.60. The maximum Gasteiger partial charge on any atom is 0.259 e. The van der Waals surface area contributed by atoms with Crippen LogP contribution < -0.4 is 20.3 Å². The third-order valence-electron chi connectivity index (χ3n) is 6.35. The lowest BCUT2D eigenvalue weighted by Gasteiger charge is -2.31. The van der Waals surface area contributed by atoms with Crippen molar-refractivity contribution in [3.63, 3.8) is 0 Å². The summed E-state index contributed by atoms with van der Waals surface area (Å²) in [6.07, 6.45) is 1.25. The van der Waals surface area contributed by atoms with Gasteiger partial charge in [0.25, 0.3) is 5.91 Å². The Morgan fingerprint density at radius 3 is 2.70 bits per heavy atom. The lowest BCUT2D eigenvalue weighted by molar-refractivity contribution is -0.122. The van der Waals surface area contributed by atoms with E-state index in [9.17, 15) is 9.59 Å². The molecule has 1 unspecified atom stereocenters. The molecule has 0 saturated carbocycles. The van der Waals surface area contributed by atoms with Gasteiger partial charge >= 0.3 is 0 Å². The summed E-state index contributed by atoms with van der Waals surface area (Å²) in [5.41, 5.74) is 4.39. The number of allylic oxidation sites excluding steroid dienone is 1. The van der Waals surface area contributed by atoms with Crippen molar-refractivity contribution in [3.05, 3.63) is 83.6 Å². The van der Waals surface area contributed by atoms with Gasteiger partial charge in [-0.05, 0) is 48.9 Å². The van der Waals surface area contributed by atoms with Gasteiger partial charge < -0.3 is 15.4 Å². The maximum absolute atomic E-state index is 13.3. The van der Waals surface area contributed by atoms with Gasteiger partial charge in [0, 0.05) is 35.3 Å². The maximum atomic E-state index is 13.3. The van der Waals surface area contributed by atoms with E-state index in [1.54, 1.807) is 4.90 Å². The van der Waals surface area contributed by atoms with Gasteiger partial charge in [-0.25, -0.2) is 0 Å². The van der Waals surface area contributed by atoms with E-state index in [1.165, 1.54) is 0 Å². The molecule has 3 aromatic rings. The number of nitrogens with zero attached hydrogens (tertiary/aromatic N) is 1. The van der Waals surface area contributed by atoms with Crippen LogP contribution in [0.1, 0.15) is 41.3 Å². The zero-order chi connectivity index (χ0) is 22.9. The molecule has 6 nitrogen and oxygen atoms in total. The Hall–Kier alpha value is -3.64. The minimum atomic E-state index is -0.516. The zero-order valence-electron chi connectivity index (χ0n) is 18.7. The number of benzene rings is 3. The van der Waals surface area contributed by atoms with Crippen LogP contribution in [0.5, 0.6) is 5.75 Å². The first kappa shape index (κ1) is 21.2.